The van der Waals surface area contributed by atoms with Gasteiger partial charge in [0.2, 0.25) is 0 Å². The first-order chi connectivity index (χ1) is 12.0. The molecule has 1 fully saturated rings. The van der Waals surface area contributed by atoms with Crippen molar-refractivity contribution >= 4 is 37.5 Å². The summed E-state index contributed by atoms with van der Waals surface area (Å²) < 4.78 is 33.7. The van der Waals surface area contributed by atoms with Crippen LogP contribution in [0.15, 0.2) is 57.9 Å². The number of anilines is 1. The smallest absolute Gasteiger partial charge is 0.261 e. The summed E-state index contributed by atoms with van der Waals surface area (Å²) in [5.74, 6) is -0.191. The number of hydrogen-bond acceptors (Lipinski definition) is 4. The number of hydrogen-bond donors (Lipinski definition) is 1. The van der Waals surface area contributed by atoms with Gasteiger partial charge in [0.05, 0.1) is 18.1 Å². The van der Waals surface area contributed by atoms with Gasteiger partial charge in [0.1, 0.15) is 0 Å². The Morgan fingerprint density at radius 2 is 1.76 bits per heavy atom. The zero-order valence-corrected chi connectivity index (χ0v) is 15.7. The molecule has 1 saturated heterocycles. The number of nitrogens with zero attached hydrogens (tertiary/aromatic N) is 1. The van der Waals surface area contributed by atoms with Crippen molar-refractivity contribution in [2.75, 3.05) is 31.0 Å². The summed E-state index contributed by atoms with van der Waals surface area (Å²) in [6, 6.07) is 12.9. The SMILES string of the molecule is O=C(c1cccc(S(=O)(=O)Nc2ccc(Br)cc2)c1)N1CCOCC1. The van der Waals surface area contributed by atoms with E-state index in [9.17, 15) is 13.2 Å². The van der Waals surface area contributed by atoms with Gasteiger partial charge in [0, 0.05) is 28.8 Å². The minimum Gasteiger partial charge on any atom is -0.378 e. The number of morpholine rings is 1. The molecule has 0 bridgehead atoms. The van der Waals surface area contributed by atoms with Crippen molar-refractivity contribution in [1.82, 2.24) is 4.90 Å². The predicted octanol–water partition coefficient (Wildman–Crippen LogP) is 2.72. The van der Waals surface area contributed by atoms with Crippen LogP contribution in [0.25, 0.3) is 0 Å². The van der Waals surface area contributed by atoms with Crippen LogP contribution in [-0.2, 0) is 14.8 Å². The van der Waals surface area contributed by atoms with Gasteiger partial charge in [-0.25, -0.2) is 8.42 Å². The van der Waals surface area contributed by atoms with Gasteiger partial charge < -0.3 is 9.64 Å². The highest BCUT2D eigenvalue weighted by atomic mass is 79.9. The molecule has 0 aliphatic carbocycles. The van der Waals surface area contributed by atoms with Gasteiger partial charge in [-0.2, -0.15) is 0 Å². The molecule has 0 spiro atoms. The molecule has 1 aliphatic rings. The van der Waals surface area contributed by atoms with Crippen LogP contribution >= 0.6 is 15.9 Å². The van der Waals surface area contributed by atoms with Crippen molar-refractivity contribution in [1.29, 1.82) is 0 Å². The van der Waals surface area contributed by atoms with Gasteiger partial charge in [-0.3, -0.25) is 9.52 Å². The van der Waals surface area contributed by atoms with E-state index >= 15 is 0 Å². The minimum atomic E-state index is -3.77. The molecule has 1 N–H and O–H groups in total. The molecule has 0 aromatic heterocycles. The second-order valence-corrected chi connectivity index (χ2v) is 8.14. The Kier molecular flexibility index (Phi) is 5.41. The third-order valence-corrected chi connectivity index (χ3v) is 5.69. The van der Waals surface area contributed by atoms with E-state index in [4.69, 9.17) is 4.74 Å². The van der Waals surface area contributed by atoms with E-state index in [0.717, 1.165) is 4.47 Å². The van der Waals surface area contributed by atoms with E-state index in [1.165, 1.54) is 12.1 Å². The maximum absolute atomic E-state index is 12.6. The molecule has 1 amide bonds. The molecule has 132 valence electrons. The number of ether oxygens (including phenoxy) is 1. The van der Waals surface area contributed by atoms with Crippen LogP contribution in [0.4, 0.5) is 5.69 Å². The van der Waals surface area contributed by atoms with Gasteiger partial charge in [-0.15, -0.1) is 0 Å². The van der Waals surface area contributed by atoms with E-state index in [1.807, 2.05) is 0 Å². The molecule has 25 heavy (non-hydrogen) atoms. The molecule has 8 heteroatoms. The molecule has 0 saturated carbocycles. The van der Waals surface area contributed by atoms with Crippen LogP contribution in [0, 0.1) is 0 Å². The fourth-order valence-corrected chi connectivity index (χ4v) is 3.85. The monoisotopic (exact) mass is 424 g/mol. The summed E-state index contributed by atoms with van der Waals surface area (Å²) in [5, 5.41) is 0. The van der Waals surface area contributed by atoms with Crippen molar-refractivity contribution in [2.24, 2.45) is 0 Å². The van der Waals surface area contributed by atoms with Gasteiger partial charge >= 0.3 is 0 Å². The lowest BCUT2D eigenvalue weighted by atomic mass is 10.2. The Hall–Kier alpha value is -1.90. The topological polar surface area (TPSA) is 75.7 Å². The Balaban J connectivity index is 1.82. The lowest BCUT2D eigenvalue weighted by Gasteiger charge is -2.27. The Bertz CT molecular complexity index is 862. The quantitative estimate of drug-likeness (QED) is 0.818. The third kappa shape index (κ3) is 4.39. The van der Waals surface area contributed by atoms with E-state index in [2.05, 4.69) is 20.7 Å². The second kappa shape index (κ2) is 7.55. The molecule has 0 unspecified atom stereocenters. The van der Waals surface area contributed by atoms with Crippen molar-refractivity contribution in [3.63, 3.8) is 0 Å². The molecule has 2 aromatic rings. The average Bonchev–Trinajstić information content (AvgIpc) is 2.64. The number of rotatable bonds is 4. The summed E-state index contributed by atoms with van der Waals surface area (Å²) in [6.07, 6.45) is 0. The molecule has 1 aliphatic heterocycles. The average molecular weight is 425 g/mol. The van der Waals surface area contributed by atoms with Crippen molar-refractivity contribution in [3.8, 4) is 0 Å². The van der Waals surface area contributed by atoms with Crippen LogP contribution in [-0.4, -0.2) is 45.5 Å². The Labute approximate surface area is 155 Å². The lowest BCUT2D eigenvalue weighted by Crippen LogP contribution is -2.40. The van der Waals surface area contributed by atoms with Gasteiger partial charge in [0.25, 0.3) is 15.9 Å². The number of carbonyl (C=O) groups is 1. The summed E-state index contributed by atoms with van der Waals surface area (Å²) in [4.78, 5) is 14.2. The summed E-state index contributed by atoms with van der Waals surface area (Å²) in [7, 11) is -3.77. The number of carbonyl (C=O) groups excluding carboxylic acids is 1. The van der Waals surface area contributed by atoms with Crippen LogP contribution < -0.4 is 4.72 Å². The standard InChI is InChI=1S/C17H17BrN2O4S/c18-14-4-6-15(7-5-14)19-25(22,23)16-3-1-2-13(12-16)17(21)20-8-10-24-11-9-20/h1-7,12,19H,8-11H2. The third-order valence-electron chi connectivity index (χ3n) is 3.79. The first kappa shape index (κ1) is 17.9. The summed E-state index contributed by atoms with van der Waals surface area (Å²) in [5.41, 5.74) is 0.800. The lowest BCUT2D eigenvalue weighted by molar-refractivity contribution is 0.0302. The fraction of sp³-hybridized carbons (Fsp3) is 0.235. The molecule has 2 aromatic carbocycles. The van der Waals surface area contributed by atoms with Crippen LogP contribution in [0.5, 0.6) is 0 Å². The van der Waals surface area contributed by atoms with Crippen LogP contribution in [0.2, 0.25) is 0 Å². The summed E-state index contributed by atoms with van der Waals surface area (Å²) in [6.45, 7) is 2.00. The highest BCUT2D eigenvalue weighted by Gasteiger charge is 2.21. The van der Waals surface area contributed by atoms with E-state index in [0.29, 0.717) is 37.6 Å². The highest BCUT2D eigenvalue weighted by molar-refractivity contribution is 9.10. The Morgan fingerprint density at radius 1 is 1.08 bits per heavy atom. The van der Waals surface area contributed by atoms with E-state index < -0.39 is 10.0 Å². The number of amides is 1. The van der Waals surface area contributed by atoms with Gasteiger partial charge in [0.15, 0.2) is 0 Å². The molecule has 0 radical (unpaired) electrons. The maximum atomic E-state index is 12.6. The van der Waals surface area contributed by atoms with Crippen LogP contribution in [0.1, 0.15) is 10.4 Å². The molecule has 3 rings (SSSR count). The fourth-order valence-electron chi connectivity index (χ4n) is 2.48. The number of nitrogens with one attached hydrogen (secondary N) is 1. The first-order valence-corrected chi connectivity index (χ1v) is 9.99. The van der Waals surface area contributed by atoms with Crippen molar-refractivity contribution in [2.45, 2.75) is 4.90 Å². The molecule has 0 atom stereocenters. The second-order valence-electron chi connectivity index (χ2n) is 5.54. The van der Waals surface area contributed by atoms with Crippen LogP contribution in [0.3, 0.4) is 0 Å². The first-order valence-electron chi connectivity index (χ1n) is 7.71. The molecular formula is C17H17BrN2O4S. The van der Waals surface area contributed by atoms with Crippen molar-refractivity contribution < 1.29 is 17.9 Å². The zero-order valence-electron chi connectivity index (χ0n) is 13.3. The largest absolute Gasteiger partial charge is 0.378 e. The summed E-state index contributed by atoms with van der Waals surface area (Å²) >= 11 is 3.30. The maximum Gasteiger partial charge on any atom is 0.261 e. The predicted molar refractivity (Wildman–Crippen MR) is 98.1 cm³/mol. The molecule has 6 nitrogen and oxygen atoms in total. The number of sulfonamides is 1. The van der Waals surface area contributed by atoms with Gasteiger partial charge in [-0.1, -0.05) is 22.0 Å². The zero-order chi connectivity index (χ0) is 17.9. The van der Waals surface area contributed by atoms with Crippen molar-refractivity contribution in [3.05, 3.63) is 58.6 Å². The molecular weight excluding hydrogens is 408 g/mol. The normalized spacial score (nSPS) is 15.0. The number of halogens is 1. The Morgan fingerprint density at radius 3 is 2.44 bits per heavy atom. The van der Waals surface area contributed by atoms with Gasteiger partial charge in [-0.05, 0) is 42.5 Å². The van der Waals surface area contributed by atoms with E-state index in [-0.39, 0.29) is 10.8 Å². The highest BCUT2D eigenvalue weighted by Crippen LogP contribution is 2.20. The number of benzene rings is 2. The van der Waals surface area contributed by atoms with E-state index in [1.54, 1.807) is 41.3 Å². The minimum absolute atomic E-state index is 0.0505. The molecule has 1 heterocycles.